The van der Waals surface area contributed by atoms with E-state index in [1.54, 1.807) is 24.4 Å². The van der Waals surface area contributed by atoms with Crippen LogP contribution in [0.2, 0.25) is 0 Å². The van der Waals surface area contributed by atoms with Gasteiger partial charge in [0.2, 0.25) is 0 Å². The van der Waals surface area contributed by atoms with E-state index in [0.717, 1.165) is 42.5 Å². The standard InChI is InChI=1S/C26H26F3NO4S/c1-3-4-5-6-7-19-13-22(34-15-25(31)32)17(2)12-23(19)33-14-24-30-21(16-35-24)18-8-10-20(11-9-18)26(27,28)29/h6-13,16H,3-5,14-15H2,1-2H3,(H,31,32)/b7-6+. The number of nitrogens with zero attached hydrogens (tertiary/aromatic N) is 1. The van der Waals surface area contributed by atoms with Crippen molar-refractivity contribution in [3.8, 4) is 22.8 Å². The van der Waals surface area contributed by atoms with Gasteiger partial charge in [0.25, 0.3) is 0 Å². The summed E-state index contributed by atoms with van der Waals surface area (Å²) >= 11 is 1.36. The minimum Gasteiger partial charge on any atom is -0.486 e. The van der Waals surface area contributed by atoms with Crippen molar-refractivity contribution in [1.82, 2.24) is 4.98 Å². The van der Waals surface area contributed by atoms with Crippen LogP contribution in [0.25, 0.3) is 17.3 Å². The number of hydrogen-bond acceptors (Lipinski definition) is 5. The first kappa shape index (κ1) is 26.3. The van der Waals surface area contributed by atoms with E-state index in [1.165, 1.54) is 23.5 Å². The molecule has 1 N–H and O–H groups in total. The molecule has 3 rings (SSSR count). The molecule has 1 heterocycles. The van der Waals surface area contributed by atoms with Gasteiger partial charge in [0, 0.05) is 16.5 Å². The van der Waals surface area contributed by atoms with Gasteiger partial charge in [-0.3, -0.25) is 0 Å². The topological polar surface area (TPSA) is 68.7 Å². The highest BCUT2D eigenvalue weighted by molar-refractivity contribution is 7.09. The zero-order valence-corrected chi connectivity index (χ0v) is 20.2. The fourth-order valence-corrected chi connectivity index (χ4v) is 3.95. The van der Waals surface area contributed by atoms with E-state index in [0.29, 0.717) is 27.8 Å². The molecule has 186 valence electrons. The zero-order chi connectivity index (χ0) is 25.4. The molecular weight excluding hydrogens is 479 g/mol. The Morgan fingerprint density at radius 3 is 2.54 bits per heavy atom. The largest absolute Gasteiger partial charge is 0.486 e. The minimum absolute atomic E-state index is 0.176. The number of ether oxygens (including phenoxy) is 2. The molecule has 0 aliphatic rings. The lowest BCUT2D eigenvalue weighted by Crippen LogP contribution is -2.10. The van der Waals surface area contributed by atoms with E-state index < -0.39 is 24.3 Å². The predicted octanol–water partition coefficient (Wildman–Crippen LogP) is 7.38. The second-order valence-corrected chi connectivity index (χ2v) is 8.82. The second-order valence-electron chi connectivity index (χ2n) is 7.87. The molecule has 0 saturated heterocycles. The van der Waals surface area contributed by atoms with Crippen molar-refractivity contribution in [2.24, 2.45) is 0 Å². The van der Waals surface area contributed by atoms with Crippen LogP contribution in [0.1, 0.15) is 47.9 Å². The van der Waals surface area contributed by atoms with Crippen LogP contribution < -0.4 is 9.47 Å². The second kappa shape index (κ2) is 11.9. The van der Waals surface area contributed by atoms with Gasteiger partial charge in [-0.05, 0) is 43.2 Å². The molecular formula is C26H26F3NO4S. The Bertz CT molecular complexity index is 1170. The average molecular weight is 506 g/mol. The Balaban J connectivity index is 1.75. The molecule has 0 atom stereocenters. The maximum absolute atomic E-state index is 12.8. The fourth-order valence-electron chi connectivity index (χ4n) is 3.24. The number of carbonyl (C=O) groups is 1. The predicted molar refractivity (Wildman–Crippen MR) is 130 cm³/mol. The Kier molecular flexibility index (Phi) is 8.92. The molecule has 0 amide bonds. The van der Waals surface area contributed by atoms with Crippen LogP contribution in [0.5, 0.6) is 11.5 Å². The molecule has 0 saturated carbocycles. The van der Waals surface area contributed by atoms with Crippen molar-refractivity contribution < 1.29 is 32.5 Å². The summed E-state index contributed by atoms with van der Waals surface area (Å²) in [5, 5.41) is 11.4. The van der Waals surface area contributed by atoms with E-state index in [-0.39, 0.29) is 6.61 Å². The van der Waals surface area contributed by atoms with Crippen LogP contribution in [0.4, 0.5) is 13.2 Å². The van der Waals surface area contributed by atoms with Gasteiger partial charge >= 0.3 is 12.1 Å². The molecule has 0 aliphatic carbocycles. The number of alkyl halides is 3. The summed E-state index contributed by atoms with van der Waals surface area (Å²) in [5.41, 5.74) is 1.96. The van der Waals surface area contributed by atoms with Crippen LogP contribution in [-0.4, -0.2) is 22.7 Å². The number of unbranched alkanes of at least 4 members (excludes halogenated alkanes) is 2. The molecule has 0 spiro atoms. The maximum Gasteiger partial charge on any atom is 0.416 e. The molecule has 1 aromatic heterocycles. The summed E-state index contributed by atoms with van der Waals surface area (Å²) in [6, 6.07) is 8.44. The minimum atomic E-state index is -4.38. The first-order valence-electron chi connectivity index (χ1n) is 11.1. The van der Waals surface area contributed by atoms with Crippen molar-refractivity contribution in [3.63, 3.8) is 0 Å². The quantitative estimate of drug-likeness (QED) is 0.275. The molecule has 9 heteroatoms. The van der Waals surface area contributed by atoms with Gasteiger partial charge < -0.3 is 14.6 Å². The Morgan fingerprint density at radius 2 is 1.89 bits per heavy atom. The third-order valence-electron chi connectivity index (χ3n) is 5.09. The number of allylic oxidation sites excluding steroid dienone is 1. The lowest BCUT2D eigenvalue weighted by atomic mass is 10.1. The van der Waals surface area contributed by atoms with Crippen LogP contribution in [0.15, 0.2) is 47.9 Å². The van der Waals surface area contributed by atoms with E-state index in [2.05, 4.69) is 11.9 Å². The van der Waals surface area contributed by atoms with Crippen molar-refractivity contribution in [3.05, 3.63) is 69.6 Å². The number of halogens is 3. The highest BCUT2D eigenvalue weighted by atomic mass is 32.1. The summed E-state index contributed by atoms with van der Waals surface area (Å²) in [6.45, 7) is 3.65. The number of thiazole rings is 1. The summed E-state index contributed by atoms with van der Waals surface area (Å²) in [6.07, 6.45) is 2.60. The normalized spacial score (nSPS) is 11.7. The molecule has 0 fully saturated rings. The monoisotopic (exact) mass is 505 g/mol. The molecule has 0 radical (unpaired) electrons. The first-order valence-corrected chi connectivity index (χ1v) is 12.0. The first-order chi connectivity index (χ1) is 16.7. The fraction of sp³-hybridized carbons (Fsp3) is 0.308. The zero-order valence-electron chi connectivity index (χ0n) is 19.4. The molecule has 0 bridgehead atoms. The summed E-state index contributed by atoms with van der Waals surface area (Å²) in [5.74, 6) is 0.00955. The number of aryl methyl sites for hydroxylation is 1. The van der Waals surface area contributed by atoms with Crippen LogP contribution in [0.3, 0.4) is 0 Å². The Hall–Kier alpha value is -3.33. The van der Waals surface area contributed by atoms with Gasteiger partial charge in [-0.1, -0.05) is 44.1 Å². The number of carboxylic acids is 1. The third-order valence-corrected chi connectivity index (χ3v) is 5.91. The van der Waals surface area contributed by atoms with Gasteiger partial charge in [0.05, 0.1) is 11.3 Å². The SMILES string of the molecule is CCCC/C=C/c1cc(OCC(=O)O)c(C)cc1OCc1nc(-c2ccc(C(F)(F)F)cc2)cs1. The van der Waals surface area contributed by atoms with Gasteiger partial charge in [0.15, 0.2) is 6.61 Å². The highest BCUT2D eigenvalue weighted by Gasteiger charge is 2.30. The van der Waals surface area contributed by atoms with Crippen molar-refractivity contribution in [2.45, 2.75) is 45.9 Å². The van der Waals surface area contributed by atoms with Crippen molar-refractivity contribution in [1.29, 1.82) is 0 Å². The van der Waals surface area contributed by atoms with Crippen LogP contribution in [-0.2, 0) is 17.6 Å². The number of aromatic nitrogens is 1. The number of carboxylic acid groups (broad SMARTS) is 1. The number of aliphatic carboxylic acids is 1. The van der Waals surface area contributed by atoms with Gasteiger partial charge in [-0.25, -0.2) is 9.78 Å². The molecule has 0 unspecified atom stereocenters. The van der Waals surface area contributed by atoms with Crippen molar-refractivity contribution >= 4 is 23.4 Å². The lowest BCUT2D eigenvalue weighted by molar-refractivity contribution is -0.139. The Morgan fingerprint density at radius 1 is 1.14 bits per heavy atom. The highest BCUT2D eigenvalue weighted by Crippen LogP contribution is 2.33. The number of hydrogen-bond donors (Lipinski definition) is 1. The van der Waals surface area contributed by atoms with E-state index >= 15 is 0 Å². The molecule has 2 aromatic carbocycles. The molecule has 35 heavy (non-hydrogen) atoms. The van der Waals surface area contributed by atoms with Crippen molar-refractivity contribution in [2.75, 3.05) is 6.61 Å². The van der Waals surface area contributed by atoms with E-state index in [9.17, 15) is 18.0 Å². The third kappa shape index (κ3) is 7.58. The van der Waals surface area contributed by atoms with Crippen LogP contribution in [0, 0.1) is 6.92 Å². The summed E-state index contributed by atoms with van der Waals surface area (Å²) in [7, 11) is 0. The van der Waals surface area contributed by atoms with E-state index in [4.69, 9.17) is 14.6 Å². The molecule has 0 aliphatic heterocycles. The van der Waals surface area contributed by atoms with E-state index in [1.807, 2.05) is 12.2 Å². The number of rotatable bonds is 11. The number of benzene rings is 2. The smallest absolute Gasteiger partial charge is 0.416 e. The Labute approximate surface area is 205 Å². The molecule has 3 aromatic rings. The van der Waals surface area contributed by atoms with Gasteiger partial charge in [-0.2, -0.15) is 13.2 Å². The lowest BCUT2D eigenvalue weighted by Gasteiger charge is -2.13. The average Bonchev–Trinajstić information content (AvgIpc) is 3.29. The van der Waals surface area contributed by atoms with Gasteiger partial charge in [0.1, 0.15) is 23.1 Å². The maximum atomic E-state index is 12.8. The molecule has 5 nitrogen and oxygen atoms in total. The van der Waals surface area contributed by atoms with Crippen LogP contribution >= 0.6 is 11.3 Å². The summed E-state index contributed by atoms with van der Waals surface area (Å²) < 4.78 is 49.8. The van der Waals surface area contributed by atoms with Gasteiger partial charge in [-0.15, -0.1) is 11.3 Å². The summed E-state index contributed by atoms with van der Waals surface area (Å²) in [4.78, 5) is 15.4.